The first-order valence-electron chi connectivity index (χ1n) is 9.20. The predicted molar refractivity (Wildman–Crippen MR) is 106 cm³/mol. The quantitative estimate of drug-likeness (QED) is 0.872. The van der Waals surface area contributed by atoms with Gasteiger partial charge in [0.05, 0.1) is 0 Å². The van der Waals surface area contributed by atoms with Crippen molar-refractivity contribution < 1.29 is 4.79 Å². The van der Waals surface area contributed by atoms with Crippen LogP contribution in [0.2, 0.25) is 0 Å². The fourth-order valence-electron chi connectivity index (χ4n) is 3.25. The molecule has 0 spiro atoms. The molecule has 0 saturated carbocycles. The van der Waals surface area contributed by atoms with Crippen LogP contribution in [0.15, 0.2) is 30.3 Å². The van der Waals surface area contributed by atoms with Crippen LogP contribution in [0.1, 0.15) is 35.8 Å². The molecule has 0 aliphatic carbocycles. The second kappa shape index (κ2) is 9.09. The smallest absolute Gasteiger partial charge is 0.323 e. The van der Waals surface area contributed by atoms with Gasteiger partial charge in [-0.3, -0.25) is 5.32 Å². The van der Waals surface area contributed by atoms with E-state index in [0.29, 0.717) is 11.0 Å². The number of hydrogen-bond acceptors (Lipinski definition) is 5. The Morgan fingerprint density at radius 3 is 2.81 bits per heavy atom. The molecule has 1 aliphatic heterocycles. The van der Waals surface area contributed by atoms with Crippen molar-refractivity contribution in [1.82, 2.24) is 20.0 Å². The number of rotatable bonds is 5. The summed E-state index contributed by atoms with van der Waals surface area (Å²) >= 11 is 1.46. The Kier molecular flexibility index (Phi) is 6.57. The van der Waals surface area contributed by atoms with Crippen LogP contribution in [0.4, 0.5) is 9.93 Å². The minimum atomic E-state index is -0.0611. The molecular formula is C19H27N5OS. The van der Waals surface area contributed by atoms with Gasteiger partial charge in [-0.1, -0.05) is 41.7 Å². The molecular weight excluding hydrogens is 346 g/mol. The molecule has 1 atom stereocenters. The maximum absolute atomic E-state index is 12.6. The van der Waals surface area contributed by atoms with Crippen LogP contribution in [0.25, 0.3) is 0 Å². The summed E-state index contributed by atoms with van der Waals surface area (Å²) in [7, 11) is 4.07. The second-order valence-electron chi connectivity index (χ2n) is 7.01. The highest BCUT2D eigenvalue weighted by atomic mass is 32.1. The van der Waals surface area contributed by atoms with E-state index in [9.17, 15) is 4.79 Å². The molecule has 6 nitrogen and oxygen atoms in total. The van der Waals surface area contributed by atoms with Gasteiger partial charge in [-0.2, -0.15) is 0 Å². The summed E-state index contributed by atoms with van der Waals surface area (Å²) in [6.45, 7) is 2.49. The normalized spacial score (nSPS) is 18.0. The molecule has 1 N–H and O–H groups in total. The summed E-state index contributed by atoms with van der Waals surface area (Å²) < 4.78 is 0. The number of carbonyl (C=O) groups excluding carboxylic acids is 1. The number of benzene rings is 1. The number of hydrogen-bond donors (Lipinski definition) is 1. The number of likely N-dealkylation sites (N-methyl/N-ethyl adjacent to an activating group) is 1. The molecule has 2 heterocycles. The van der Waals surface area contributed by atoms with Crippen LogP contribution in [-0.4, -0.2) is 59.8 Å². The fraction of sp³-hybridized carbons (Fsp3) is 0.526. The molecule has 1 fully saturated rings. The van der Waals surface area contributed by atoms with E-state index in [1.165, 1.54) is 16.9 Å². The van der Waals surface area contributed by atoms with Crippen LogP contribution in [0.3, 0.4) is 0 Å². The zero-order chi connectivity index (χ0) is 18.4. The van der Waals surface area contributed by atoms with Gasteiger partial charge in [0.15, 0.2) is 0 Å². The molecule has 1 saturated heterocycles. The lowest BCUT2D eigenvalue weighted by molar-refractivity contribution is 0.213. The number of urea groups is 1. The molecule has 140 valence electrons. The average molecular weight is 374 g/mol. The molecule has 26 heavy (non-hydrogen) atoms. The van der Waals surface area contributed by atoms with E-state index in [1.54, 1.807) is 0 Å². The van der Waals surface area contributed by atoms with E-state index in [4.69, 9.17) is 0 Å². The number of anilines is 1. The summed E-state index contributed by atoms with van der Waals surface area (Å²) in [5.41, 5.74) is 1.38. The SMILES string of the molecule is CN(C)CCc1nnc(NC(=O)N2CCC[C@H](c3ccccc3)CC2)s1. The van der Waals surface area contributed by atoms with Crippen molar-refractivity contribution in [3.05, 3.63) is 40.9 Å². The molecule has 2 aromatic rings. The molecule has 2 amide bonds. The molecule has 7 heteroatoms. The highest BCUT2D eigenvalue weighted by Crippen LogP contribution is 2.28. The summed E-state index contributed by atoms with van der Waals surface area (Å²) in [5.74, 6) is 0.535. The summed E-state index contributed by atoms with van der Waals surface area (Å²) in [6.07, 6.45) is 4.00. The van der Waals surface area contributed by atoms with Crippen LogP contribution in [0, 0.1) is 0 Å². The standard InChI is InChI=1S/C19H27N5OS/c1-23(2)13-11-17-21-22-18(26-17)20-19(25)24-12-6-9-16(10-14-24)15-7-4-3-5-8-15/h3-5,7-8,16H,6,9-14H2,1-2H3,(H,20,22,25)/t16-/m0/s1. The van der Waals surface area contributed by atoms with Crippen LogP contribution in [-0.2, 0) is 6.42 Å². The maximum Gasteiger partial charge on any atom is 0.323 e. The minimum Gasteiger partial charge on any atom is -0.324 e. The number of amides is 2. The number of nitrogens with one attached hydrogen (secondary N) is 1. The molecule has 1 aromatic heterocycles. The van der Waals surface area contributed by atoms with Gasteiger partial charge in [0.2, 0.25) is 5.13 Å². The van der Waals surface area contributed by atoms with Gasteiger partial charge in [-0.25, -0.2) is 4.79 Å². The zero-order valence-corrected chi connectivity index (χ0v) is 16.3. The summed E-state index contributed by atoms with van der Waals surface area (Å²) in [5, 5.41) is 12.7. The van der Waals surface area contributed by atoms with Crippen LogP contribution >= 0.6 is 11.3 Å². The van der Waals surface area contributed by atoms with Crippen molar-refractivity contribution >= 4 is 22.5 Å². The van der Waals surface area contributed by atoms with E-state index in [2.05, 4.69) is 50.7 Å². The number of aromatic nitrogens is 2. The molecule has 3 rings (SSSR count). The number of nitrogens with zero attached hydrogens (tertiary/aromatic N) is 4. The number of likely N-dealkylation sites (tertiary alicyclic amines) is 1. The van der Waals surface area contributed by atoms with Crippen LogP contribution < -0.4 is 5.32 Å². The van der Waals surface area contributed by atoms with E-state index in [1.807, 2.05) is 19.0 Å². The topological polar surface area (TPSA) is 61.4 Å². The van der Waals surface area contributed by atoms with Crippen molar-refractivity contribution in [3.63, 3.8) is 0 Å². The van der Waals surface area contributed by atoms with E-state index >= 15 is 0 Å². The Balaban J connectivity index is 1.52. The van der Waals surface area contributed by atoms with Crippen molar-refractivity contribution in [1.29, 1.82) is 0 Å². The molecule has 0 unspecified atom stereocenters. The first-order chi connectivity index (χ1) is 12.6. The number of carbonyl (C=O) groups is 1. The lowest BCUT2D eigenvalue weighted by Crippen LogP contribution is -2.35. The van der Waals surface area contributed by atoms with E-state index in [0.717, 1.165) is 50.3 Å². The summed E-state index contributed by atoms with van der Waals surface area (Å²) in [4.78, 5) is 16.6. The lowest BCUT2D eigenvalue weighted by Gasteiger charge is -2.20. The zero-order valence-electron chi connectivity index (χ0n) is 15.5. The third kappa shape index (κ3) is 5.25. The van der Waals surface area contributed by atoms with E-state index < -0.39 is 0 Å². The van der Waals surface area contributed by atoms with Gasteiger partial charge >= 0.3 is 6.03 Å². The highest BCUT2D eigenvalue weighted by Gasteiger charge is 2.22. The average Bonchev–Trinajstić information content (AvgIpc) is 2.93. The Bertz CT molecular complexity index is 703. The van der Waals surface area contributed by atoms with Gasteiger partial charge in [0, 0.05) is 26.1 Å². The molecule has 0 bridgehead atoms. The van der Waals surface area contributed by atoms with Crippen molar-refractivity contribution in [3.8, 4) is 0 Å². The van der Waals surface area contributed by atoms with Gasteiger partial charge in [0.1, 0.15) is 5.01 Å². The Hall–Kier alpha value is -1.99. The Morgan fingerprint density at radius 1 is 1.23 bits per heavy atom. The lowest BCUT2D eigenvalue weighted by atomic mass is 9.92. The van der Waals surface area contributed by atoms with Gasteiger partial charge in [-0.05, 0) is 44.8 Å². The fourth-order valence-corrected chi connectivity index (χ4v) is 3.97. The summed E-state index contributed by atoms with van der Waals surface area (Å²) in [6, 6.07) is 10.6. The van der Waals surface area contributed by atoms with Crippen molar-refractivity contribution in [2.75, 3.05) is 39.0 Å². The molecule has 1 aliphatic rings. The second-order valence-corrected chi connectivity index (χ2v) is 8.07. The first kappa shape index (κ1) is 18.8. The van der Waals surface area contributed by atoms with Gasteiger partial charge in [0.25, 0.3) is 0 Å². The van der Waals surface area contributed by atoms with Gasteiger partial charge in [-0.15, -0.1) is 10.2 Å². The van der Waals surface area contributed by atoms with Gasteiger partial charge < -0.3 is 9.80 Å². The van der Waals surface area contributed by atoms with Crippen molar-refractivity contribution in [2.45, 2.75) is 31.6 Å². The molecule has 0 radical (unpaired) electrons. The monoisotopic (exact) mass is 373 g/mol. The predicted octanol–water partition coefficient (Wildman–Crippen LogP) is 3.44. The van der Waals surface area contributed by atoms with E-state index in [-0.39, 0.29) is 6.03 Å². The first-order valence-corrected chi connectivity index (χ1v) is 10.0. The van der Waals surface area contributed by atoms with Crippen molar-refractivity contribution in [2.24, 2.45) is 0 Å². The minimum absolute atomic E-state index is 0.0611. The maximum atomic E-state index is 12.6. The highest BCUT2D eigenvalue weighted by molar-refractivity contribution is 7.15. The Morgan fingerprint density at radius 2 is 2.04 bits per heavy atom. The third-order valence-corrected chi connectivity index (χ3v) is 5.64. The van der Waals surface area contributed by atoms with Crippen LogP contribution in [0.5, 0.6) is 0 Å². The Labute approximate surface area is 159 Å². The molecule has 1 aromatic carbocycles. The third-order valence-electron chi connectivity index (χ3n) is 4.74. The largest absolute Gasteiger partial charge is 0.324 e.